The molecular formula is C14H24N2O. The van der Waals surface area contributed by atoms with Crippen molar-refractivity contribution in [1.82, 2.24) is 5.32 Å². The maximum absolute atomic E-state index is 5.66. The van der Waals surface area contributed by atoms with Gasteiger partial charge < -0.3 is 15.8 Å². The molecule has 1 aromatic carbocycles. The topological polar surface area (TPSA) is 47.3 Å². The van der Waals surface area contributed by atoms with Gasteiger partial charge in [-0.3, -0.25) is 0 Å². The van der Waals surface area contributed by atoms with Crippen LogP contribution in [0.25, 0.3) is 0 Å². The first-order chi connectivity index (χ1) is 8.22. The Morgan fingerprint density at radius 3 is 2.53 bits per heavy atom. The van der Waals surface area contributed by atoms with Crippen LogP contribution < -0.4 is 15.8 Å². The van der Waals surface area contributed by atoms with E-state index in [0.29, 0.717) is 12.5 Å². The summed E-state index contributed by atoms with van der Waals surface area (Å²) < 4.78 is 5.66. The Kier molecular flexibility index (Phi) is 6.67. The number of ether oxygens (including phenoxy) is 1. The van der Waals surface area contributed by atoms with E-state index in [1.807, 2.05) is 12.1 Å². The number of nitrogens with one attached hydrogen (secondary N) is 1. The van der Waals surface area contributed by atoms with Gasteiger partial charge in [0.25, 0.3) is 0 Å². The molecule has 0 saturated carbocycles. The van der Waals surface area contributed by atoms with Crippen molar-refractivity contribution in [2.45, 2.75) is 26.8 Å². The smallest absolute Gasteiger partial charge is 0.119 e. The maximum Gasteiger partial charge on any atom is 0.119 e. The summed E-state index contributed by atoms with van der Waals surface area (Å²) in [7, 11) is 0. The third-order valence-corrected chi connectivity index (χ3v) is 2.54. The van der Waals surface area contributed by atoms with Gasteiger partial charge in [-0.2, -0.15) is 0 Å². The second-order valence-electron chi connectivity index (χ2n) is 4.64. The van der Waals surface area contributed by atoms with Crippen molar-refractivity contribution in [1.29, 1.82) is 0 Å². The molecular weight excluding hydrogens is 212 g/mol. The van der Waals surface area contributed by atoms with Crippen LogP contribution in [0.2, 0.25) is 0 Å². The van der Waals surface area contributed by atoms with E-state index in [4.69, 9.17) is 10.5 Å². The Morgan fingerprint density at radius 1 is 1.24 bits per heavy atom. The summed E-state index contributed by atoms with van der Waals surface area (Å²) in [6.07, 6.45) is 1.10. The molecule has 0 atom stereocenters. The highest BCUT2D eigenvalue weighted by molar-refractivity contribution is 5.27. The summed E-state index contributed by atoms with van der Waals surface area (Å²) >= 11 is 0. The molecule has 0 unspecified atom stereocenters. The summed E-state index contributed by atoms with van der Waals surface area (Å²) in [6, 6.07) is 8.24. The SMILES string of the molecule is CC(C)CCOc1ccc(CNCCN)cc1. The van der Waals surface area contributed by atoms with Gasteiger partial charge >= 0.3 is 0 Å². The quantitative estimate of drug-likeness (QED) is 0.680. The zero-order valence-corrected chi connectivity index (χ0v) is 10.9. The van der Waals surface area contributed by atoms with Gasteiger partial charge in [0, 0.05) is 19.6 Å². The minimum absolute atomic E-state index is 0.677. The molecule has 0 aliphatic carbocycles. The largest absolute Gasteiger partial charge is 0.494 e. The van der Waals surface area contributed by atoms with Crippen molar-refractivity contribution in [3.05, 3.63) is 29.8 Å². The summed E-state index contributed by atoms with van der Waals surface area (Å²) in [5.41, 5.74) is 6.67. The zero-order chi connectivity index (χ0) is 12.5. The first-order valence-corrected chi connectivity index (χ1v) is 6.35. The van der Waals surface area contributed by atoms with Gasteiger partial charge in [0.15, 0.2) is 0 Å². The normalized spacial score (nSPS) is 10.8. The molecule has 0 fully saturated rings. The van der Waals surface area contributed by atoms with Crippen molar-refractivity contribution in [2.75, 3.05) is 19.7 Å². The van der Waals surface area contributed by atoms with Crippen LogP contribution >= 0.6 is 0 Å². The van der Waals surface area contributed by atoms with Crippen LogP contribution in [0.4, 0.5) is 0 Å². The Balaban J connectivity index is 2.29. The Bertz CT molecular complexity index is 296. The Morgan fingerprint density at radius 2 is 1.94 bits per heavy atom. The summed E-state index contributed by atoms with van der Waals surface area (Å²) in [5, 5.41) is 3.26. The number of nitrogens with two attached hydrogens (primary N) is 1. The van der Waals surface area contributed by atoms with E-state index in [1.165, 1.54) is 5.56 Å². The third-order valence-electron chi connectivity index (χ3n) is 2.54. The molecule has 1 aromatic rings. The first-order valence-electron chi connectivity index (χ1n) is 6.35. The fourth-order valence-electron chi connectivity index (χ4n) is 1.45. The van der Waals surface area contributed by atoms with Gasteiger partial charge in [-0.05, 0) is 30.0 Å². The molecule has 3 nitrogen and oxygen atoms in total. The number of hydrogen-bond donors (Lipinski definition) is 2. The van der Waals surface area contributed by atoms with E-state index in [0.717, 1.165) is 31.9 Å². The molecule has 0 bridgehead atoms. The summed E-state index contributed by atoms with van der Waals surface area (Å²) in [5.74, 6) is 1.64. The van der Waals surface area contributed by atoms with E-state index in [9.17, 15) is 0 Å². The molecule has 1 rings (SSSR count). The van der Waals surface area contributed by atoms with Gasteiger partial charge in [0.05, 0.1) is 6.61 Å². The zero-order valence-electron chi connectivity index (χ0n) is 10.9. The molecule has 0 heterocycles. The van der Waals surface area contributed by atoms with Crippen LogP contribution in [0.15, 0.2) is 24.3 Å². The molecule has 0 aliphatic rings. The molecule has 0 saturated heterocycles. The lowest BCUT2D eigenvalue weighted by Gasteiger charge is -2.09. The third kappa shape index (κ3) is 6.29. The lowest BCUT2D eigenvalue weighted by molar-refractivity contribution is 0.289. The summed E-state index contributed by atoms with van der Waals surface area (Å²) in [6.45, 7) is 7.60. The van der Waals surface area contributed by atoms with Gasteiger partial charge in [-0.15, -0.1) is 0 Å². The maximum atomic E-state index is 5.66. The lowest BCUT2D eigenvalue weighted by atomic mass is 10.1. The van der Waals surface area contributed by atoms with Gasteiger partial charge in [-0.1, -0.05) is 26.0 Å². The molecule has 0 aromatic heterocycles. The highest BCUT2D eigenvalue weighted by atomic mass is 16.5. The average molecular weight is 236 g/mol. The molecule has 3 N–H and O–H groups in total. The number of rotatable bonds is 8. The molecule has 96 valence electrons. The van der Waals surface area contributed by atoms with E-state index in [-0.39, 0.29) is 0 Å². The molecule has 3 heteroatoms. The van der Waals surface area contributed by atoms with Crippen LogP contribution in [0.1, 0.15) is 25.8 Å². The van der Waals surface area contributed by atoms with Crippen LogP contribution in [0.3, 0.4) is 0 Å². The second kappa shape index (κ2) is 8.09. The molecule has 0 spiro atoms. The van der Waals surface area contributed by atoms with E-state index in [2.05, 4.69) is 31.3 Å². The van der Waals surface area contributed by atoms with Gasteiger partial charge in [-0.25, -0.2) is 0 Å². The lowest BCUT2D eigenvalue weighted by Crippen LogP contribution is -2.21. The van der Waals surface area contributed by atoms with E-state index < -0.39 is 0 Å². The van der Waals surface area contributed by atoms with Gasteiger partial charge in [0.2, 0.25) is 0 Å². The standard InChI is InChI=1S/C14H24N2O/c1-12(2)7-10-17-14-5-3-13(4-6-14)11-16-9-8-15/h3-6,12,16H,7-11,15H2,1-2H3. The van der Waals surface area contributed by atoms with Crippen LogP contribution in [-0.4, -0.2) is 19.7 Å². The van der Waals surface area contributed by atoms with Crippen LogP contribution in [-0.2, 0) is 6.54 Å². The molecule has 0 aliphatic heterocycles. The monoisotopic (exact) mass is 236 g/mol. The van der Waals surface area contributed by atoms with Crippen LogP contribution in [0.5, 0.6) is 5.75 Å². The Hall–Kier alpha value is -1.06. The van der Waals surface area contributed by atoms with Crippen LogP contribution in [0, 0.1) is 5.92 Å². The fraction of sp³-hybridized carbons (Fsp3) is 0.571. The molecule has 17 heavy (non-hydrogen) atoms. The Labute approximate surface area is 104 Å². The van der Waals surface area contributed by atoms with Crippen molar-refractivity contribution in [3.63, 3.8) is 0 Å². The number of hydrogen-bond acceptors (Lipinski definition) is 3. The molecule has 0 amide bonds. The minimum atomic E-state index is 0.677. The average Bonchev–Trinajstić information content (AvgIpc) is 2.31. The minimum Gasteiger partial charge on any atom is -0.494 e. The van der Waals surface area contributed by atoms with E-state index in [1.54, 1.807) is 0 Å². The summed E-state index contributed by atoms with van der Waals surface area (Å²) in [4.78, 5) is 0. The second-order valence-corrected chi connectivity index (χ2v) is 4.64. The van der Waals surface area contributed by atoms with Crippen molar-refractivity contribution < 1.29 is 4.74 Å². The molecule has 0 radical (unpaired) electrons. The highest BCUT2D eigenvalue weighted by Gasteiger charge is 1.97. The van der Waals surface area contributed by atoms with E-state index >= 15 is 0 Å². The fourth-order valence-corrected chi connectivity index (χ4v) is 1.45. The highest BCUT2D eigenvalue weighted by Crippen LogP contribution is 2.13. The number of benzene rings is 1. The van der Waals surface area contributed by atoms with Crippen molar-refractivity contribution in [3.8, 4) is 5.75 Å². The van der Waals surface area contributed by atoms with Crippen molar-refractivity contribution >= 4 is 0 Å². The predicted molar refractivity (Wildman–Crippen MR) is 72.2 cm³/mol. The van der Waals surface area contributed by atoms with Crippen molar-refractivity contribution in [2.24, 2.45) is 11.7 Å². The first kappa shape index (κ1) is 14.0. The van der Waals surface area contributed by atoms with Gasteiger partial charge in [0.1, 0.15) is 5.75 Å². The predicted octanol–water partition coefficient (Wildman–Crippen LogP) is 2.16.